The first kappa shape index (κ1) is 6.77. The lowest BCUT2D eigenvalue weighted by Crippen LogP contribution is -2.24. The molecule has 1 heteroatoms. The zero-order chi connectivity index (χ0) is 7.42. The lowest BCUT2D eigenvalue weighted by atomic mass is 9.82. The van der Waals surface area contributed by atoms with Crippen LogP contribution >= 0.6 is 11.6 Å². The standard InChI is InChI=1S/C10H15Cl/c11-10-5-6-4-9(10)8-3-1-2-7(6)8/h6-10H,1-5H2/t6-,7-,8-,9-,10-/m1/s1. The molecule has 0 N–H and O–H groups in total. The van der Waals surface area contributed by atoms with E-state index >= 15 is 0 Å². The minimum atomic E-state index is 0.555. The lowest BCUT2D eigenvalue weighted by Gasteiger charge is -2.27. The molecule has 0 spiro atoms. The van der Waals surface area contributed by atoms with Crippen LogP contribution in [0.2, 0.25) is 0 Å². The molecule has 5 atom stereocenters. The van der Waals surface area contributed by atoms with Gasteiger partial charge >= 0.3 is 0 Å². The number of halogens is 1. The van der Waals surface area contributed by atoms with Gasteiger partial charge in [0.05, 0.1) is 0 Å². The van der Waals surface area contributed by atoms with Crippen LogP contribution < -0.4 is 0 Å². The average molecular weight is 171 g/mol. The summed E-state index contributed by atoms with van der Waals surface area (Å²) in [6, 6.07) is 0. The summed E-state index contributed by atoms with van der Waals surface area (Å²) < 4.78 is 0. The molecule has 3 aliphatic rings. The Morgan fingerprint density at radius 2 is 1.73 bits per heavy atom. The van der Waals surface area contributed by atoms with Gasteiger partial charge in [-0.15, -0.1) is 11.6 Å². The van der Waals surface area contributed by atoms with Crippen LogP contribution in [0.5, 0.6) is 0 Å². The van der Waals surface area contributed by atoms with Crippen molar-refractivity contribution in [2.75, 3.05) is 0 Å². The molecule has 0 aliphatic heterocycles. The molecule has 3 rings (SSSR count). The van der Waals surface area contributed by atoms with Crippen molar-refractivity contribution >= 4 is 11.6 Å². The van der Waals surface area contributed by atoms with Crippen LogP contribution in [0.4, 0.5) is 0 Å². The first-order valence-electron chi connectivity index (χ1n) is 5.00. The van der Waals surface area contributed by atoms with Crippen LogP contribution in [-0.2, 0) is 0 Å². The molecule has 3 saturated carbocycles. The Balaban J connectivity index is 1.90. The first-order valence-corrected chi connectivity index (χ1v) is 5.44. The largest absolute Gasteiger partial charge is 0.123 e. The van der Waals surface area contributed by atoms with E-state index in [2.05, 4.69) is 0 Å². The second kappa shape index (κ2) is 2.16. The summed E-state index contributed by atoms with van der Waals surface area (Å²) in [4.78, 5) is 0. The molecule has 62 valence electrons. The predicted molar refractivity (Wildman–Crippen MR) is 46.7 cm³/mol. The lowest BCUT2D eigenvalue weighted by molar-refractivity contribution is 0.263. The summed E-state index contributed by atoms with van der Waals surface area (Å²) in [5.74, 6) is 4.12. The minimum Gasteiger partial charge on any atom is -0.123 e. The molecule has 0 heterocycles. The number of alkyl halides is 1. The van der Waals surface area contributed by atoms with Gasteiger partial charge in [-0.05, 0) is 49.4 Å². The van der Waals surface area contributed by atoms with Gasteiger partial charge < -0.3 is 0 Å². The molecule has 11 heavy (non-hydrogen) atoms. The van der Waals surface area contributed by atoms with E-state index in [-0.39, 0.29) is 0 Å². The predicted octanol–water partition coefficient (Wildman–Crippen LogP) is 3.05. The summed E-state index contributed by atoms with van der Waals surface area (Å²) >= 11 is 6.28. The van der Waals surface area contributed by atoms with Gasteiger partial charge in [-0.2, -0.15) is 0 Å². The highest BCUT2D eigenvalue weighted by molar-refractivity contribution is 6.21. The van der Waals surface area contributed by atoms with Crippen LogP contribution in [0, 0.1) is 23.7 Å². The molecule has 0 aromatic heterocycles. The zero-order valence-electron chi connectivity index (χ0n) is 6.80. The van der Waals surface area contributed by atoms with E-state index in [0.717, 1.165) is 23.7 Å². The fraction of sp³-hybridized carbons (Fsp3) is 1.00. The Hall–Kier alpha value is 0.290. The maximum absolute atomic E-state index is 6.28. The van der Waals surface area contributed by atoms with Crippen molar-refractivity contribution in [2.45, 2.75) is 37.5 Å². The second-order valence-corrected chi connectivity index (χ2v) is 5.23. The Kier molecular flexibility index (Phi) is 1.33. The van der Waals surface area contributed by atoms with Gasteiger partial charge in [0.1, 0.15) is 0 Å². The Labute approximate surface area is 73.3 Å². The van der Waals surface area contributed by atoms with Gasteiger partial charge in [0, 0.05) is 5.38 Å². The third-order valence-electron chi connectivity index (χ3n) is 4.35. The molecule has 0 nitrogen and oxygen atoms in total. The summed E-state index contributed by atoms with van der Waals surface area (Å²) in [6.07, 6.45) is 7.33. The van der Waals surface area contributed by atoms with Gasteiger partial charge in [0.2, 0.25) is 0 Å². The fourth-order valence-electron chi connectivity index (χ4n) is 3.98. The average Bonchev–Trinajstić information content (AvgIpc) is 2.52. The third kappa shape index (κ3) is 0.771. The molecule has 3 aliphatic carbocycles. The van der Waals surface area contributed by atoms with Crippen molar-refractivity contribution in [3.05, 3.63) is 0 Å². The van der Waals surface area contributed by atoms with Crippen molar-refractivity contribution in [1.82, 2.24) is 0 Å². The van der Waals surface area contributed by atoms with E-state index in [1.54, 1.807) is 0 Å². The summed E-state index contributed by atoms with van der Waals surface area (Å²) in [5, 5.41) is 0.555. The number of hydrogen-bond donors (Lipinski definition) is 0. The van der Waals surface area contributed by atoms with E-state index in [4.69, 9.17) is 11.6 Å². The minimum absolute atomic E-state index is 0.555. The highest BCUT2D eigenvalue weighted by Crippen LogP contribution is 2.59. The topological polar surface area (TPSA) is 0 Å². The van der Waals surface area contributed by atoms with Crippen molar-refractivity contribution < 1.29 is 0 Å². The Morgan fingerprint density at radius 3 is 2.64 bits per heavy atom. The highest BCUT2D eigenvalue weighted by atomic mass is 35.5. The third-order valence-corrected chi connectivity index (χ3v) is 4.85. The zero-order valence-corrected chi connectivity index (χ0v) is 7.56. The van der Waals surface area contributed by atoms with E-state index in [1.165, 1.54) is 32.1 Å². The van der Waals surface area contributed by atoms with Gasteiger partial charge in [-0.25, -0.2) is 0 Å². The Bertz CT molecular complexity index is 178. The molecule has 0 aromatic rings. The van der Waals surface area contributed by atoms with Crippen LogP contribution in [-0.4, -0.2) is 5.38 Å². The number of fused-ring (bicyclic) bond motifs is 5. The molecular formula is C10H15Cl. The van der Waals surface area contributed by atoms with E-state index in [1.807, 2.05) is 0 Å². The molecule has 0 aromatic carbocycles. The molecular weight excluding hydrogens is 156 g/mol. The quantitative estimate of drug-likeness (QED) is 0.491. The molecule has 0 saturated heterocycles. The van der Waals surface area contributed by atoms with Gasteiger partial charge in [0.25, 0.3) is 0 Å². The van der Waals surface area contributed by atoms with Crippen molar-refractivity contribution in [3.63, 3.8) is 0 Å². The summed E-state index contributed by atoms with van der Waals surface area (Å²) in [6.45, 7) is 0. The molecule has 0 radical (unpaired) electrons. The second-order valence-electron chi connectivity index (χ2n) is 4.67. The van der Waals surface area contributed by atoms with Gasteiger partial charge in [-0.3, -0.25) is 0 Å². The normalized spacial score (nSPS) is 60.3. The van der Waals surface area contributed by atoms with Crippen LogP contribution in [0.25, 0.3) is 0 Å². The maximum Gasteiger partial charge on any atom is 0.0369 e. The number of rotatable bonds is 0. The van der Waals surface area contributed by atoms with Crippen LogP contribution in [0.1, 0.15) is 32.1 Å². The van der Waals surface area contributed by atoms with Crippen molar-refractivity contribution in [2.24, 2.45) is 23.7 Å². The van der Waals surface area contributed by atoms with E-state index < -0.39 is 0 Å². The fourth-order valence-corrected chi connectivity index (χ4v) is 4.50. The highest BCUT2D eigenvalue weighted by Gasteiger charge is 2.53. The smallest absolute Gasteiger partial charge is 0.0369 e. The van der Waals surface area contributed by atoms with E-state index in [9.17, 15) is 0 Å². The van der Waals surface area contributed by atoms with Crippen LogP contribution in [0.3, 0.4) is 0 Å². The summed E-state index contributed by atoms with van der Waals surface area (Å²) in [5.41, 5.74) is 0. The SMILES string of the molecule is Cl[C@@H]1C[C@H]2C[C@@H]1[C@@H]1CCC[C@H]21. The molecule has 2 bridgehead atoms. The maximum atomic E-state index is 6.28. The molecule has 3 fully saturated rings. The molecule has 0 amide bonds. The molecule has 0 unspecified atom stereocenters. The first-order chi connectivity index (χ1) is 5.36. The van der Waals surface area contributed by atoms with Crippen molar-refractivity contribution in [1.29, 1.82) is 0 Å². The van der Waals surface area contributed by atoms with Gasteiger partial charge in [0.15, 0.2) is 0 Å². The van der Waals surface area contributed by atoms with E-state index in [0.29, 0.717) is 5.38 Å². The number of hydrogen-bond acceptors (Lipinski definition) is 0. The monoisotopic (exact) mass is 170 g/mol. The van der Waals surface area contributed by atoms with Crippen LogP contribution in [0.15, 0.2) is 0 Å². The summed E-state index contributed by atoms with van der Waals surface area (Å²) in [7, 11) is 0. The Morgan fingerprint density at radius 1 is 0.909 bits per heavy atom. The van der Waals surface area contributed by atoms with Crippen molar-refractivity contribution in [3.8, 4) is 0 Å². The van der Waals surface area contributed by atoms with Gasteiger partial charge in [-0.1, -0.05) is 6.42 Å².